The van der Waals surface area contributed by atoms with Crippen molar-refractivity contribution in [2.24, 2.45) is 5.41 Å². The molecule has 4 aromatic rings. The van der Waals surface area contributed by atoms with Gasteiger partial charge in [0, 0.05) is 11.1 Å². The number of aromatic nitrogens is 1. The number of hydrogen-bond acceptors (Lipinski definition) is 0. The summed E-state index contributed by atoms with van der Waals surface area (Å²) in [4.78, 5) is 0. The van der Waals surface area contributed by atoms with Crippen molar-refractivity contribution in [3.8, 4) is 5.69 Å². The molecule has 0 saturated carbocycles. The van der Waals surface area contributed by atoms with Crippen LogP contribution in [0.2, 0.25) is 0 Å². The van der Waals surface area contributed by atoms with E-state index < -0.39 is 24.5 Å². The largest absolute Gasteiger partial charge is 0.332 e. The van der Waals surface area contributed by atoms with Crippen LogP contribution in [0.1, 0.15) is 37.9 Å². The van der Waals surface area contributed by atoms with E-state index in [0.29, 0.717) is 0 Å². The standard InChI is InChI=1S/C21H18N.C7H9.2FH.Zr/c1-2-8-16-14-17(13-15(16)7-1)22-20-11-5-3-9-18(20)19-10-4-6-12-21(19)22;1-7(2)5-3-4-6-7;;;/h1-3,5,7-9,11,13-14H,4,6,10,12H2;3-5H,1-2H3;2*1H;/q2*-1;;;+4/p-2. The third kappa shape index (κ3) is 4.91. The Morgan fingerprint density at radius 1 is 1.00 bits per heavy atom. The van der Waals surface area contributed by atoms with Crippen molar-refractivity contribution >= 4 is 21.7 Å². The van der Waals surface area contributed by atoms with Gasteiger partial charge in [-0.3, -0.25) is 6.08 Å². The Morgan fingerprint density at radius 2 is 1.72 bits per heavy atom. The monoisotopic (exact) mass is 505 g/mol. The number of aryl methyl sites for hydroxylation is 1. The molecule has 162 valence electrons. The first kappa shape index (κ1) is 23.0. The summed E-state index contributed by atoms with van der Waals surface area (Å²) in [5.74, 6) is 0. The first-order valence-electron chi connectivity index (χ1n) is 11.1. The van der Waals surface area contributed by atoms with Gasteiger partial charge in [0.15, 0.2) is 0 Å². The number of halogens is 2. The van der Waals surface area contributed by atoms with E-state index in [1.807, 2.05) is 12.2 Å². The zero-order valence-electron chi connectivity index (χ0n) is 18.5. The number of benzene rings is 2. The van der Waals surface area contributed by atoms with E-state index in [1.54, 1.807) is 5.56 Å². The molecule has 0 amide bonds. The van der Waals surface area contributed by atoms with Crippen molar-refractivity contribution in [1.29, 1.82) is 0 Å². The van der Waals surface area contributed by atoms with Gasteiger partial charge in [-0.25, -0.2) is 12.2 Å². The van der Waals surface area contributed by atoms with E-state index in [9.17, 15) is 5.25 Å². The minimum Gasteiger partial charge on any atom is -0.332 e. The zero-order chi connectivity index (χ0) is 22.6. The van der Waals surface area contributed by atoms with Crippen molar-refractivity contribution in [2.45, 2.75) is 39.5 Å². The predicted octanol–water partition coefficient (Wildman–Crippen LogP) is 8.16. The number of fused-ring (bicyclic) bond motifs is 4. The Kier molecular flexibility index (Phi) is 7.31. The molecule has 1 nitrogen and oxygen atoms in total. The Hall–Kier alpha value is -2.19. The minimum absolute atomic E-state index is 0.208. The summed E-state index contributed by atoms with van der Waals surface area (Å²) in [7, 11) is 0. The number of hydrogen-bond donors (Lipinski definition) is 0. The molecule has 1 heterocycles. The third-order valence-corrected chi connectivity index (χ3v) is 6.10. The molecule has 0 saturated heterocycles. The molecule has 32 heavy (non-hydrogen) atoms. The molecule has 4 heteroatoms. The Bertz CT molecular complexity index is 1210. The molecule has 2 aliphatic rings. The fraction of sp³-hybridized carbons (Fsp3) is 0.250. The van der Waals surface area contributed by atoms with Crippen LogP contribution >= 0.6 is 0 Å². The van der Waals surface area contributed by atoms with E-state index in [2.05, 4.69) is 91.2 Å². The summed E-state index contributed by atoms with van der Waals surface area (Å²) in [6.45, 7) is 4.26. The van der Waals surface area contributed by atoms with Gasteiger partial charge in [-0.15, -0.1) is 41.1 Å². The van der Waals surface area contributed by atoms with Gasteiger partial charge >= 0.3 is 29.7 Å². The molecule has 6 rings (SSSR count). The van der Waals surface area contributed by atoms with Crippen molar-refractivity contribution in [1.82, 2.24) is 4.57 Å². The van der Waals surface area contributed by atoms with Crippen LogP contribution in [0.5, 0.6) is 0 Å². The van der Waals surface area contributed by atoms with Gasteiger partial charge in [-0.05, 0) is 43.0 Å². The van der Waals surface area contributed by atoms with Crippen LogP contribution in [0.25, 0.3) is 27.4 Å². The molecular formula is C28H27F2NZr. The smallest absolute Gasteiger partial charge is 0.0516 e. The van der Waals surface area contributed by atoms with E-state index in [1.165, 1.54) is 58.7 Å². The SMILES string of the molecule is CC1(C)[C-]=CC=C1.[F][Zr+2][F].c1ccc2[cH-]c(-n3c4c(c5ccccc53)CCCC4)cc2c1. The molecule has 0 unspecified atom stereocenters. The van der Waals surface area contributed by atoms with E-state index in [-0.39, 0.29) is 5.41 Å². The maximum Gasteiger partial charge on any atom is 0.0516 e. The predicted molar refractivity (Wildman–Crippen MR) is 126 cm³/mol. The average molecular weight is 507 g/mol. The second-order valence-electron chi connectivity index (χ2n) is 8.79. The zero-order valence-corrected chi connectivity index (χ0v) is 21.0. The van der Waals surface area contributed by atoms with Crippen molar-refractivity contribution in [3.63, 3.8) is 0 Å². The van der Waals surface area contributed by atoms with E-state index in [4.69, 9.17) is 0 Å². The maximum atomic E-state index is 9.80. The molecule has 0 N–H and O–H groups in total. The Balaban J connectivity index is 0.000000206. The summed E-state index contributed by atoms with van der Waals surface area (Å²) in [5, 5.41) is 4.11. The van der Waals surface area contributed by atoms with Gasteiger partial charge in [-0.1, -0.05) is 43.5 Å². The number of allylic oxidation sites excluding steroid dienone is 4. The van der Waals surface area contributed by atoms with Crippen molar-refractivity contribution in [3.05, 3.63) is 96.2 Å². The van der Waals surface area contributed by atoms with Gasteiger partial charge in [0.1, 0.15) is 0 Å². The van der Waals surface area contributed by atoms with Crippen LogP contribution in [0, 0.1) is 11.5 Å². The van der Waals surface area contributed by atoms with E-state index in [0.717, 1.165) is 0 Å². The van der Waals surface area contributed by atoms with E-state index >= 15 is 0 Å². The molecule has 0 spiro atoms. The molecule has 0 bridgehead atoms. The topological polar surface area (TPSA) is 4.93 Å². The maximum absolute atomic E-state index is 9.80. The van der Waals surface area contributed by atoms with Crippen molar-refractivity contribution in [2.75, 3.05) is 0 Å². The van der Waals surface area contributed by atoms with Crippen LogP contribution < -0.4 is 0 Å². The molecule has 0 aliphatic heterocycles. The van der Waals surface area contributed by atoms with Crippen LogP contribution in [0.15, 0.2) is 78.9 Å². The normalized spacial score (nSPS) is 15.5. The molecular weight excluding hydrogens is 480 g/mol. The first-order valence-corrected chi connectivity index (χ1v) is 12.9. The molecule has 0 fully saturated rings. The van der Waals surface area contributed by atoms with Gasteiger partial charge in [-0.2, -0.15) is 6.08 Å². The van der Waals surface area contributed by atoms with Crippen LogP contribution in [-0.2, 0) is 37.3 Å². The van der Waals surface area contributed by atoms with Crippen LogP contribution in [0.3, 0.4) is 0 Å². The minimum atomic E-state index is -2.77. The first-order chi connectivity index (χ1) is 15.5. The summed E-state index contributed by atoms with van der Waals surface area (Å²) in [5.41, 5.74) is 6.00. The summed E-state index contributed by atoms with van der Waals surface area (Å²) >= 11 is -2.77. The van der Waals surface area contributed by atoms with Gasteiger partial charge in [0.05, 0.1) is 5.52 Å². The molecule has 1 aromatic heterocycles. The molecule has 0 radical (unpaired) electrons. The van der Waals surface area contributed by atoms with Gasteiger partial charge < -0.3 is 4.57 Å². The number of nitrogens with zero attached hydrogens (tertiary/aromatic N) is 1. The molecule has 2 aliphatic carbocycles. The van der Waals surface area contributed by atoms with Crippen molar-refractivity contribution < 1.29 is 29.7 Å². The van der Waals surface area contributed by atoms with Crippen LogP contribution in [0.4, 0.5) is 5.25 Å². The molecule has 0 atom stereocenters. The fourth-order valence-corrected chi connectivity index (χ4v) is 4.65. The number of para-hydroxylation sites is 1. The third-order valence-electron chi connectivity index (χ3n) is 6.10. The quantitative estimate of drug-likeness (QED) is 0.230. The van der Waals surface area contributed by atoms with Gasteiger partial charge in [0.25, 0.3) is 0 Å². The summed E-state index contributed by atoms with van der Waals surface area (Å²) in [6.07, 6.45) is 14.3. The number of rotatable bonds is 1. The second-order valence-corrected chi connectivity index (χ2v) is 9.14. The average Bonchev–Trinajstić information content (AvgIpc) is 3.49. The summed E-state index contributed by atoms with van der Waals surface area (Å²) < 4.78 is 22.1. The van der Waals surface area contributed by atoms with Gasteiger partial charge in [0.2, 0.25) is 0 Å². The Labute approximate surface area is 202 Å². The fourth-order valence-electron chi connectivity index (χ4n) is 4.65. The Morgan fingerprint density at radius 3 is 2.41 bits per heavy atom. The second kappa shape index (κ2) is 10.2. The molecule has 3 aromatic carbocycles. The summed E-state index contributed by atoms with van der Waals surface area (Å²) in [6, 6.07) is 22.2. The van der Waals surface area contributed by atoms with Crippen LogP contribution in [-0.4, -0.2) is 4.57 Å².